The SMILES string of the molecule is CC[C@H]1CC(=O)[C@H](C)[C@@H](O[C@H]2C[C@@](C)(OC)[C@@H](O)[C@H](C)O2)[C@H](C)[C@@H](O[C@@H]2O[C@H](C)C[C@H](N(C)C)[C@H]2O)[C@](C)(OC)C[C@@H](C)/C(=N\OCc2c(F)cccc2Cl)[C@H](C)[C@@H](O)[C@]1(C)O. The van der Waals surface area contributed by atoms with Crippen LogP contribution in [0.15, 0.2) is 23.4 Å². The normalized spacial score (nSPS) is 43.7. The van der Waals surface area contributed by atoms with E-state index in [1.807, 2.05) is 53.6 Å². The third-order valence-corrected chi connectivity index (χ3v) is 14.7. The first-order valence-corrected chi connectivity index (χ1v) is 22.5. The summed E-state index contributed by atoms with van der Waals surface area (Å²) in [7, 11) is 6.85. The van der Waals surface area contributed by atoms with Crippen LogP contribution in [0.4, 0.5) is 4.39 Å². The molecule has 2 saturated heterocycles. The number of Topliss-reactive ketones (excluding diaryl/α,β-unsaturated/α-hetero) is 1. The van der Waals surface area contributed by atoms with Gasteiger partial charge in [0.15, 0.2) is 12.6 Å². The van der Waals surface area contributed by atoms with Crippen molar-refractivity contribution in [1.29, 1.82) is 0 Å². The molecular formula is C46H76ClFN2O12. The van der Waals surface area contributed by atoms with Crippen LogP contribution in [0.2, 0.25) is 5.02 Å². The smallest absolute Gasteiger partial charge is 0.185 e. The van der Waals surface area contributed by atoms with E-state index in [-0.39, 0.29) is 54.4 Å². The standard InChI is InChI=1S/C46H76ClFN2O12/c1-15-30-20-35(51)26(4)39(61-36-22-44(8,56-13)41(54)29(7)60-36)28(6)42(62-43-38(52)34(50(11)12)19-25(3)59-43)45(9,57-14)21-24(2)37(27(5)40(53)46(30,10)55)49-58-23-31-32(47)17-16-18-33(31)48/h16-18,24-30,34,36,38-43,52-55H,15,19-23H2,1-14H3/b49-37+/t24-,25-,26+,27+,28+,29+,30+,34+,36+,38-,39-,40-,41+,42-,43+,44-,45-,46-/m1/s1. The highest BCUT2D eigenvalue weighted by molar-refractivity contribution is 6.31. The molecule has 0 unspecified atom stereocenters. The van der Waals surface area contributed by atoms with Gasteiger partial charge in [-0.3, -0.25) is 4.79 Å². The molecule has 4 N–H and O–H groups in total. The number of carbonyl (C=O) groups excluding carboxylic acids is 1. The first-order chi connectivity index (χ1) is 28.9. The second kappa shape index (κ2) is 21.6. The molecule has 0 bridgehead atoms. The van der Waals surface area contributed by atoms with E-state index in [4.69, 9.17) is 44.9 Å². The lowest BCUT2D eigenvalue weighted by Crippen LogP contribution is -2.61. The van der Waals surface area contributed by atoms with E-state index >= 15 is 0 Å². The number of halogens is 2. The molecule has 1 saturated carbocycles. The van der Waals surface area contributed by atoms with Crippen molar-refractivity contribution in [2.24, 2.45) is 34.7 Å². The van der Waals surface area contributed by atoms with Gasteiger partial charge in [-0.05, 0) is 79.6 Å². The fourth-order valence-corrected chi connectivity index (χ4v) is 10.3. The van der Waals surface area contributed by atoms with Crippen LogP contribution in [-0.2, 0) is 44.7 Å². The first-order valence-electron chi connectivity index (χ1n) is 22.2. The second-order valence-electron chi connectivity index (χ2n) is 19.2. The van der Waals surface area contributed by atoms with Gasteiger partial charge < -0.3 is 58.6 Å². The number of benzene rings is 1. The van der Waals surface area contributed by atoms with E-state index in [1.54, 1.807) is 40.9 Å². The Kier molecular flexibility index (Phi) is 18.4. The summed E-state index contributed by atoms with van der Waals surface area (Å²) in [6, 6.07) is 4.02. The molecule has 0 radical (unpaired) electrons. The average molecular weight is 904 g/mol. The van der Waals surface area contributed by atoms with Gasteiger partial charge in [0.2, 0.25) is 0 Å². The molecule has 18 atom stereocenters. The largest absolute Gasteiger partial charge is 0.391 e. The van der Waals surface area contributed by atoms with Crippen molar-refractivity contribution in [1.82, 2.24) is 4.90 Å². The van der Waals surface area contributed by atoms with E-state index in [9.17, 15) is 29.6 Å². The molecule has 1 aliphatic carbocycles. The maximum absolute atomic E-state index is 14.8. The number of aliphatic hydroxyl groups excluding tert-OH is 3. The summed E-state index contributed by atoms with van der Waals surface area (Å²) in [5, 5.41) is 51.9. The second-order valence-corrected chi connectivity index (χ2v) is 19.6. The Morgan fingerprint density at radius 1 is 0.935 bits per heavy atom. The van der Waals surface area contributed by atoms with Crippen LogP contribution in [0.5, 0.6) is 0 Å². The highest BCUT2D eigenvalue weighted by Crippen LogP contribution is 2.43. The molecular weight excluding hydrogens is 827 g/mol. The minimum Gasteiger partial charge on any atom is -0.391 e. The predicted octanol–water partition coefficient (Wildman–Crippen LogP) is 5.90. The molecule has 0 spiro atoms. The number of rotatable bonds is 11. The number of nitrogens with zero attached hydrogens (tertiary/aromatic N) is 2. The Morgan fingerprint density at radius 2 is 1.58 bits per heavy atom. The summed E-state index contributed by atoms with van der Waals surface area (Å²) < 4.78 is 53.6. The van der Waals surface area contributed by atoms with Crippen molar-refractivity contribution in [3.8, 4) is 0 Å². The van der Waals surface area contributed by atoms with Gasteiger partial charge in [-0.1, -0.05) is 63.9 Å². The van der Waals surface area contributed by atoms with Crippen molar-refractivity contribution in [3.63, 3.8) is 0 Å². The number of oxime groups is 1. The van der Waals surface area contributed by atoms with Gasteiger partial charge in [-0.2, -0.15) is 0 Å². The Morgan fingerprint density at radius 3 is 2.16 bits per heavy atom. The summed E-state index contributed by atoms with van der Waals surface area (Å²) in [5.41, 5.74) is -3.62. The molecule has 1 aromatic carbocycles. The molecule has 62 heavy (non-hydrogen) atoms. The monoisotopic (exact) mass is 903 g/mol. The van der Waals surface area contributed by atoms with E-state index in [1.165, 1.54) is 26.2 Å². The number of hydrogen-bond acceptors (Lipinski definition) is 14. The first kappa shape index (κ1) is 52.8. The van der Waals surface area contributed by atoms with E-state index in [0.717, 1.165) is 0 Å². The van der Waals surface area contributed by atoms with Crippen LogP contribution in [0, 0.1) is 35.4 Å². The third-order valence-electron chi connectivity index (χ3n) is 14.4. The van der Waals surface area contributed by atoms with Crippen molar-refractivity contribution in [2.75, 3.05) is 28.3 Å². The molecule has 3 aliphatic rings. The van der Waals surface area contributed by atoms with Gasteiger partial charge in [0.05, 0.1) is 58.1 Å². The van der Waals surface area contributed by atoms with Crippen LogP contribution in [0.25, 0.3) is 0 Å². The number of ketones is 1. The zero-order valence-corrected chi connectivity index (χ0v) is 40.1. The van der Waals surface area contributed by atoms with Crippen molar-refractivity contribution < 1.29 is 62.9 Å². The molecule has 356 valence electrons. The molecule has 14 nitrogen and oxygen atoms in total. The van der Waals surface area contributed by atoms with E-state index in [2.05, 4.69) is 5.16 Å². The Bertz CT molecular complexity index is 1640. The molecule has 4 rings (SSSR count). The van der Waals surface area contributed by atoms with Gasteiger partial charge in [-0.15, -0.1) is 0 Å². The molecule has 2 heterocycles. The van der Waals surface area contributed by atoms with Crippen LogP contribution >= 0.6 is 11.6 Å². The van der Waals surface area contributed by atoms with E-state index < -0.39 is 101 Å². The summed E-state index contributed by atoms with van der Waals surface area (Å²) >= 11 is 6.33. The number of hydrogen-bond donors (Lipinski definition) is 4. The highest BCUT2D eigenvalue weighted by atomic mass is 35.5. The van der Waals surface area contributed by atoms with Crippen molar-refractivity contribution >= 4 is 23.1 Å². The van der Waals surface area contributed by atoms with Gasteiger partial charge in [0.1, 0.15) is 30.4 Å². The molecule has 1 aromatic rings. The van der Waals surface area contributed by atoms with Crippen molar-refractivity contribution in [2.45, 2.75) is 186 Å². The van der Waals surface area contributed by atoms with Gasteiger partial charge in [0.25, 0.3) is 0 Å². The lowest BCUT2D eigenvalue weighted by Gasteiger charge is -2.50. The van der Waals surface area contributed by atoms with Crippen LogP contribution in [0.1, 0.15) is 107 Å². The zero-order valence-electron chi connectivity index (χ0n) is 39.3. The Hall–Kier alpha value is -1.86. The van der Waals surface area contributed by atoms with E-state index in [0.29, 0.717) is 18.6 Å². The topological polar surface area (TPSA) is 178 Å². The molecule has 2 aliphatic heterocycles. The lowest BCUT2D eigenvalue weighted by molar-refractivity contribution is -0.318. The Balaban J connectivity index is 1.91. The minimum atomic E-state index is -1.78. The Labute approximate surface area is 373 Å². The summed E-state index contributed by atoms with van der Waals surface area (Å²) in [6.07, 6.45) is -7.20. The molecule has 0 amide bonds. The summed E-state index contributed by atoms with van der Waals surface area (Å²) in [6.45, 7) is 17.7. The zero-order chi connectivity index (χ0) is 46.6. The van der Waals surface area contributed by atoms with Gasteiger partial charge >= 0.3 is 0 Å². The van der Waals surface area contributed by atoms with Crippen molar-refractivity contribution in [3.05, 3.63) is 34.6 Å². The van der Waals surface area contributed by atoms with Crippen LogP contribution in [-0.4, -0.2) is 143 Å². The highest BCUT2D eigenvalue weighted by Gasteiger charge is 2.53. The lowest BCUT2D eigenvalue weighted by atomic mass is 9.69. The number of likely N-dealkylation sites (N-methyl/N-ethyl adjacent to an activating group) is 1. The number of carbonyl (C=O) groups is 1. The quantitative estimate of drug-likeness (QED) is 0.193. The number of methoxy groups -OCH3 is 2. The number of aliphatic hydroxyl groups is 4. The molecule has 0 aromatic heterocycles. The summed E-state index contributed by atoms with van der Waals surface area (Å²) in [5.74, 6) is -4.38. The van der Waals surface area contributed by atoms with Crippen LogP contribution in [0.3, 0.4) is 0 Å². The van der Waals surface area contributed by atoms with Gasteiger partial charge in [-0.25, -0.2) is 4.39 Å². The molecule has 3 fully saturated rings. The van der Waals surface area contributed by atoms with Crippen LogP contribution < -0.4 is 0 Å². The number of ether oxygens (including phenoxy) is 6. The predicted molar refractivity (Wildman–Crippen MR) is 233 cm³/mol. The van der Waals surface area contributed by atoms with Gasteiger partial charge in [0, 0.05) is 62.3 Å². The fourth-order valence-electron chi connectivity index (χ4n) is 10.0. The fraction of sp³-hybridized carbons (Fsp3) is 0.826. The molecule has 16 heteroatoms. The third kappa shape index (κ3) is 11.6. The maximum atomic E-state index is 14.8. The minimum absolute atomic E-state index is 0.106. The average Bonchev–Trinajstić information content (AvgIpc) is 3.21. The maximum Gasteiger partial charge on any atom is 0.185 e. The summed E-state index contributed by atoms with van der Waals surface area (Å²) in [4.78, 5) is 22.5.